The minimum Gasteiger partial charge on any atom is -0.471 e. The largest absolute Gasteiger partial charge is 0.471 e. The summed E-state index contributed by atoms with van der Waals surface area (Å²) in [5, 5.41) is 0. The van der Waals surface area contributed by atoms with Crippen molar-refractivity contribution in [3.8, 4) is 17.0 Å². The van der Waals surface area contributed by atoms with Crippen LogP contribution in [-0.4, -0.2) is 30.3 Å². The van der Waals surface area contributed by atoms with Crippen molar-refractivity contribution in [3.05, 3.63) is 46.9 Å². The van der Waals surface area contributed by atoms with Gasteiger partial charge >= 0.3 is 5.97 Å². The first-order valence-electron chi connectivity index (χ1n) is 8.23. The molecule has 0 fully saturated rings. The molecule has 0 aliphatic carbocycles. The normalized spacial score (nSPS) is 16.1. The number of ether oxygens (including phenoxy) is 2. The van der Waals surface area contributed by atoms with E-state index in [0.29, 0.717) is 29.5 Å². The Bertz CT molecular complexity index is 807. The first-order chi connectivity index (χ1) is 12.0. The van der Waals surface area contributed by atoms with E-state index in [9.17, 15) is 13.6 Å². The van der Waals surface area contributed by atoms with Crippen LogP contribution in [0.4, 0.5) is 8.78 Å². The first kappa shape index (κ1) is 17.3. The highest BCUT2D eigenvalue weighted by atomic mass is 19.1. The highest BCUT2D eigenvalue weighted by Gasteiger charge is 2.27. The van der Waals surface area contributed by atoms with Crippen molar-refractivity contribution in [2.75, 3.05) is 13.3 Å². The number of aryl methyl sites for hydroxylation is 1. The number of pyridine rings is 1. The molecule has 0 amide bonds. The van der Waals surface area contributed by atoms with Crippen molar-refractivity contribution >= 4 is 5.97 Å². The Labute approximate surface area is 144 Å². The van der Waals surface area contributed by atoms with Crippen LogP contribution in [0.25, 0.3) is 11.1 Å². The summed E-state index contributed by atoms with van der Waals surface area (Å²) in [4.78, 5) is 16.3. The van der Waals surface area contributed by atoms with Crippen LogP contribution in [0.2, 0.25) is 0 Å². The Kier molecular flexibility index (Phi) is 4.97. The van der Waals surface area contributed by atoms with Gasteiger partial charge in [0.05, 0.1) is 6.61 Å². The first-order valence-corrected chi connectivity index (χ1v) is 8.23. The van der Waals surface area contributed by atoms with Gasteiger partial charge in [0.25, 0.3) is 0 Å². The summed E-state index contributed by atoms with van der Waals surface area (Å²) in [6, 6.07) is 6.41. The van der Waals surface area contributed by atoms with Crippen molar-refractivity contribution < 1.29 is 23.0 Å². The van der Waals surface area contributed by atoms with Gasteiger partial charge in [-0.2, -0.15) is 0 Å². The standard InChI is InChI=1S/C19H19F2NO3/c1-3-24-19(23)17-9-15(13-6-4-11(2)8-16(13)21)14-7-5-12(10-20)25-18(14)22-17/h4,6,8-9,12H,3,5,7,10H2,1-2H3/t12-/m1/s1. The van der Waals surface area contributed by atoms with Gasteiger partial charge in [0.1, 0.15) is 18.6 Å². The maximum atomic E-state index is 14.5. The number of hydrogen-bond donors (Lipinski definition) is 0. The van der Waals surface area contributed by atoms with Gasteiger partial charge < -0.3 is 9.47 Å². The summed E-state index contributed by atoms with van der Waals surface area (Å²) in [6.07, 6.45) is 0.376. The van der Waals surface area contributed by atoms with Gasteiger partial charge in [-0.05, 0) is 49.9 Å². The van der Waals surface area contributed by atoms with Crippen molar-refractivity contribution in [3.63, 3.8) is 0 Å². The molecule has 0 saturated heterocycles. The number of halogens is 2. The van der Waals surface area contributed by atoms with E-state index in [1.54, 1.807) is 26.0 Å². The average Bonchev–Trinajstić information content (AvgIpc) is 2.60. The lowest BCUT2D eigenvalue weighted by Crippen LogP contribution is -2.26. The summed E-state index contributed by atoms with van der Waals surface area (Å²) in [7, 11) is 0. The van der Waals surface area contributed by atoms with Crippen molar-refractivity contribution in [2.45, 2.75) is 32.8 Å². The number of nitrogens with zero attached hydrogens (tertiary/aromatic N) is 1. The van der Waals surface area contributed by atoms with Crippen LogP contribution in [0, 0.1) is 12.7 Å². The van der Waals surface area contributed by atoms with Gasteiger partial charge in [0.2, 0.25) is 5.88 Å². The number of fused-ring (bicyclic) bond motifs is 1. The molecule has 0 radical (unpaired) electrons. The molecule has 2 heterocycles. The van der Waals surface area contributed by atoms with Gasteiger partial charge in [0, 0.05) is 11.1 Å². The molecule has 1 aliphatic rings. The van der Waals surface area contributed by atoms with Crippen molar-refractivity contribution in [2.24, 2.45) is 0 Å². The quantitative estimate of drug-likeness (QED) is 0.784. The van der Waals surface area contributed by atoms with Crippen LogP contribution in [0.15, 0.2) is 24.3 Å². The monoisotopic (exact) mass is 347 g/mol. The number of benzene rings is 1. The molecule has 1 aromatic heterocycles. The van der Waals surface area contributed by atoms with Gasteiger partial charge in [-0.15, -0.1) is 0 Å². The second-order valence-corrected chi connectivity index (χ2v) is 5.98. The zero-order valence-corrected chi connectivity index (χ0v) is 14.1. The molecule has 1 aromatic carbocycles. The molecule has 6 heteroatoms. The lowest BCUT2D eigenvalue weighted by atomic mass is 9.93. The minimum atomic E-state index is -0.640. The summed E-state index contributed by atoms with van der Waals surface area (Å²) in [5.41, 5.74) is 2.39. The molecule has 1 atom stereocenters. The smallest absolute Gasteiger partial charge is 0.357 e. The van der Waals surface area contributed by atoms with E-state index in [2.05, 4.69) is 4.98 Å². The Hall–Kier alpha value is -2.50. The topological polar surface area (TPSA) is 48.4 Å². The second kappa shape index (κ2) is 7.17. The zero-order valence-electron chi connectivity index (χ0n) is 14.1. The van der Waals surface area contributed by atoms with Crippen molar-refractivity contribution in [1.82, 2.24) is 4.98 Å². The van der Waals surface area contributed by atoms with E-state index in [1.807, 2.05) is 0 Å². The fourth-order valence-electron chi connectivity index (χ4n) is 2.91. The van der Waals surface area contributed by atoms with Gasteiger partial charge in [-0.25, -0.2) is 18.6 Å². The third kappa shape index (κ3) is 3.48. The molecule has 0 bridgehead atoms. The van der Waals surface area contributed by atoms with Crippen LogP contribution in [0.1, 0.15) is 35.0 Å². The van der Waals surface area contributed by atoms with Crippen LogP contribution in [0.5, 0.6) is 5.88 Å². The van der Waals surface area contributed by atoms with E-state index >= 15 is 0 Å². The Morgan fingerprint density at radius 2 is 2.16 bits per heavy atom. The number of aromatic nitrogens is 1. The fraction of sp³-hybridized carbons (Fsp3) is 0.368. The molecule has 25 heavy (non-hydrogen) atoms. The SMILES string of the molecule is CCOC(=O)c1cc(-c2ccc(C)cc2F)c2c(n1)O[C@@H](CF)CC2. The molecule has 3 rings (SSSR count). The number of carbonyl (C=O) groups excluding carboxylic acids is 1. The molecule has 0 spiro atoms. The van der Waals surface area contributed by atoms with Crippen molar-refractivity contribution in [1.29, 1.82) is 0 Å². The molecule has 0 N–H and O–H groups in total. The maximum Gasteiger partial charge on any atom is 0.357 e. The van der Waals surface area contributed by atoms with Gasteiger partial charge in [0.15, 0.2) is 5.69 Å². The number of rotatable bonds is 4. The lowest BCUT2D eigenvalue weighted by molar-refractivity contribution is 0.0516. The number of alkyl halides is 1. The summed E-state index contributed by atoms with van der Waals surface area (Å²) in [5.74, 6) is -0.838. The molecular formula is C19H19F2NO3. The third-order valence-corrected chi connectivity index (χ3v) is 4.15. The van der Waals surface area contributed by atoms with E-state index in [4.69, 9.17) is 9.47 Å². The predicted molar refractivity (Wildman–Crippen MR) is 89.0 cm³/mol. The van der Waals surface area contributed by atoms with Crippen LogP contribution in [0.3, 0.4) is 0 Å². The van der Waals surface area contributed by atoms with Crippen LogP contribution in [-0.2, 0) is 11.2 Å². The van der Waals surface area contributed by atoms with Gasteiger partial charge in [-0.1, -0.05) is 12.1 Å². The summed E-state index contributed by atoms with van der Waals surface area (Å²) >= 11 is 0. The van der Waals surface area contributed by atoms with E-state index in [0.717, 1.165) is 5.56 Å². The Balaban J connectivity index is 2.15. The molecule has 2 aromatic rings. The van der Waals surface area contributed by atoms with Crippen LogP contribution >= 0.6 is 0 Å². The van der Waals surface area contributed by atoms with Gasteiger partial charge in [-0.3, -0.25) is 0 Å². The summed E-state index contributed by atoms with van der Waals surface area (Å²) in [6.45, 7) is 3.04. The fourth-order valence-corrected chi connectivity index (χ4v) is 2.91. The Morgan fingerprint density at radius 3 is 2.84 bits per heavy atom. The molecule has 132 valence electrons. The highest BCUT2D eigenvalue weighted by molar-refractivity contribution is 5.90. The highest BCUT2D eigenvalue weighted by Crippen LogP contribution is 2.36. The summed E-state index contributed by atoms with van der Waals surface area (Å²) < 4.78 is 38.0. The maximum absolute atomic E-state index is 14.5. The number of hydrogen-bond acceptors (Lipinski definition) is 4. The molecule has 0 saturated carbocycles. The van der Waals surface area contributed by atoms with E-state index in [-0.39, 0.29) is 18.2 Å². The van der Waals surface area contributed by atoms with E-state index < -0.39 is 24.6 Å². The third-order valence-electron chi connectivity index (χ3n) is 4.15. The molecule has 1 aliphatic heterocycles. The minimum absolute atomic E-state index is 0.0232. The molecule has 0 unspecified atom stereocenters. The zero-order chi connectivity index (χ0) is 18.0. The second-order valence-electron chi connectivity index (χ2n) is 5.98. The molecule has 4 nitrogen and oxygen atoms in total. The lowest BCUT2D eigenvalue weighted by Gasteiger charge is -2.25. The van der Waals surface area contributed by atoms with E-state index in [1.165, 1.54) is 12.1 Å². The number of carbonyl (C=O) groups is 1. The molecular weight excluding hydrogens is 328 g/mol. The Morgan fingerprint density at radius 1 is 1.36 bits per heavy atom. The van der Waals surface area contributed by atoms with Crippen LogP contribution < -0.4 is 4.74 Å². The number of esters is 1. The predicted octanol–water partition coefficient (Wildman–Crippen LogP) is 4.04. The average molecular weight is 347 g/mol.